The Bertz CT molecular complexity index is 574. The SMILES string of the molecule is CC(=O)N1CCN(c2cc(Cl)cc(C(N)NN=N)c2O)CC1. The number of hydrogen-bond donors (Lipinski definition) is 4. The van der Waals surface area contributed by atoms with Crippen LogP contribution >= 0.6 is 11.6 Å². The van der Waals surface area contributed by atoms with Gasteiger partial charge in [0.2, 0.25) is 5.91 Å². The van der Waals surface area contributed by atoms with Gasteiger partial charge in [-0.2, -0.15) is 5.53 Å². The van der Waals surface area contributed by atoms with Crippen molar-refractivity contribution >= 4 is 23.2 Å². The molecule has 1 unspecified atom stereocenters. The van der Waals surface area contributed by atoms with Gasteiger partial charge in [-0.05, 0) is 12.1 Å². The van der Waals surface area contributed by atoms with Crippen LogP contribution in [0.3, 0.4) is 0 Å². The van der Waals surface area contributed by atoms with Crippen LogP contribution in [0.5, 0.6) is 5.75 Å². The van der Waals surface area contributed by atoms with E-state index in [2.05, 4.69) is 10.6 Å². The second-order valence-electron chi connectivity index (χ2n) is 5.07. The van der Waals surface area contributed by atoms with Crippen LogP contribution in [0.1, 0.15) is 18.7 Å². The van der Waals surface area contributed by atoms with Gasteiger partial charge in [-0.15, -0.1) is 0 Å². The van der Waals surface area contributed by atoms with E-state index in [1.807, 2.05) is 4.90 Å². The number of phenols is 1. The number of benzene rings is 1. The van der Waals surface area contributed by atoms with Crippen LogP contribution in [0.2, 0.25) is 5.02 Å². The minimum atomic E-state index is -0.826. The van der Waals surface area contributed by atoms with E-state index >= 15 is 0 Å². The van der Waals surface area contributed by atoms with Crippen LogP contribution < -0.4 is 16.1 Å². The highest BCUT2D eigenvalue weighted by atomic mass is 35.5. The summed E-state index contributed by atoms with van der Waals surface area (Å²) in [7, 11) is 0. The molecular weight excluding hydrogens is 308 g/mol. The van der Waals surface area contributed by atoms with Crippen molar-refractivity contribution < 1.29 is 9.90 Å². The zero-order valence-electron chi connectivity index (χ0n) is 12.2. The third kappa shape index (κ3) is 3.40. The Morgan fingerprint density at radius 1 is 1.45 bits per heavy atom. The Balaban J connectivity index is 2.24. The first kappa shape index (κ1) is 16.3. The van der Waals surface area contributed by atoms with Gasteiger partial charge in [0.25, 0.3) is 0 Å². The monoisotopic (exact) mass is 326 g/mol. The number of carbonyl (C=O) groups is 1. The summed E-state index contributed by atoms with van der Waals surface area (Å²) in [6.45, 7) is 3.91. The van der Waals surface area contributed by atoms with Gasteiger partial charge in [0.15, 0.2) is 0 Å². The quantitative estimate of drug-likeness (QED) is 0.377. The van der Waals surface area contributed by atoms with Gasteiger partial charge in [-0.1, -0.05) is 16.8 Å². The third-order valence-electron chi connectivity index (χ3n) is 3.69. The average molecular weight is 327 g/mol. The summed E-state index contributed by atoms with van der Waals surface area (Å²) in [5.74, 6) is 0.0447. The number of aromatic hydroxyl groups is 1. The van der Waals surface area contributed by atoms with Crippen molar-refractivity contribution in [3.05, 3.63) is 22.7 Å². The maximum absolute atomic E-state index is 11.4. The maximum atomic E-state index is 11.4. The Kier molecular flexibility index (Phi) is 5.04. The molecule has 0 radical (unpaired) electrons. The zero-order valence-corrected chi connectivity index (χ0v) is 13.0. The van der Waals surface area contributed by atoms with Crippen molar-refractivity contribution in [1.29, 1.82) is 5.53 Å². The van der Waals surface area contributed by atoms with Crippen molar-refractivity contribution in [2.45, 2.75) is 13.1 Å². The molecule has 1 amide bonds. The number of nitrogens with two attached hydrogens (primary N) is 1. The number of piperazine rings is 1. The molecule has 0 aromatic heterocycles. The standard InChI is InChI=1S/C13H19ClN6O2/c1-8(21)19-2-4-20(5-3-19)11-7-9(14)6-10(12(11)22)13(15)17-18-16/h6-7,13,22H,2-5,15H2,1H3,(H2,16,17). The van der Waals surface area contributed by atoms with Gasteiger partial charge in [-0.25, -0.2) is 0 Å². The molecule has 1 heterocycles. The van der Waals surface area contributed by atoms with E-state index in [0.29, 0.717) is 42.5 Å². The Morgan fingerprint density at radius 2 is 2.09 bits per heavy atom. The molecule has 1 saturated heterocycles. The summed E-state index contributed by atoms with van der Waals surface area (Å²) in [5.41, 5.74) is 15.9. The van der Waals surface area contributed by atoms with E-state index in [1.54, 1.807) is 17.9 Å². The zero-order chi connectivity index (χ0) is 16.3. The predicted octanol–water partition coefficient (Wildman–Crippen LogP) is 1.21. The molecule has 0 saturated carbocycles. The van der Waals surface area contributed by atoms with Gasteiger partial charge < -0.3 is 20.6 Å². The molecule has 1 fully saturated rings. The first-order valence-corrected chi connectivity index (χ1v) is 7.22. The molecule has 1 atom stereocenters. The van der Waals surface area contributed by atoms with Crippen LogP contribution in [0, 0.1) is 5.53 Å². The summed E-state index contributed by atoms with van der Waals surface area (Å²) in [6.07, 6.45) is -0.826. The average Bonchev–Trinajstić information content (AvgIpc) is 2.49. The minimum Gasteiger partial charge on any atom is -0.505 e. The minimum absolute atomic E-state index is 0.00400. The summed E-state index contributed by atoms with van der Waals surface area (Å²) in [4.78, 5) is 15.1. The van der Waals surface area contributed by atoms with Crippen LogP contribution in [-0.4, -0.2) is 42.1 Å². The fourth-order valence-electron chi connectivity index (χ4n) is 2.48. The molecule has 8 nitrogen and oxygen atoms in total. The van der Waals surface area contributed by atoms with Gasteiger partial charge in [0, 0.05) is 43.7 Å². The van der Waals surface area contributed by atoms with Crippen molar-refractivity contribution in [3.63, 3.8) is 0 Å². The maximum Gasteiger partial charge on any atom is 0.219 e. The number of anilines is 1. The molecule has 0 aliphatic carbocycles. The lowest BCUT2D eigenvalue weighted by molar-refractivity contribution is -0.129. The molecular formula is C13H19ClN6O2. The summed E-state index contributed by atoms with van der Waals surface area (Å²) in [6, 6.07) is 3.20. The molecule has 2 rings (SSSR count). The molecule has 1 aliphatic heterocycles. The highest BCUT2D eigenvalue weighted by Gasteiger charge is 2.23. The molecule has 1 aromatic carbocycles. The first-order chi connectivity index (χ1) is 10.4. The summed E-state index contributed by atoms with van der Waals surface area (Å²) in [5, 5.41) is 13.9. The summed E-state index contributed by atoms with van der Waals surface area (Å²) < 4.78 is 0. The number of nitrogens with zero attached hydrogens (tertiary/aromatic N) is 3. The number of carbonyl (C=O) groups excluding carboxylic acids is 1. The molecule has 5 N–H and O–H groups in total. The molecule has 1 aliphatic rings. The second-order valence-corrected chi connectivity index (χ2v) is 5.51. The fraction of sp³-hybridized carbons (Fsp3) is 0.462. The molecule has 9 heteroatoms. The molecule has 0 bridgehead atoms. The summed E-state index contributed by atoms with van der Waals surface area (Å²) >= 11 is 6.10. The second kappa shape index (κ2) is 6.80. The van der Waals surface area contributed by atoms with Crippen molar-refractivity contribution in [2.24, 2.45) is 11.0 Å². The van der Waals surface area contributed by atoms with Gasteiger partial charge >= 0.3 is 0 Å². The third-order valence-corrected chi connectivity index (χ3v) is 3.91. The number of nitrogens with one attached hydrogen (secondary N) is 2. The topological polar surface area (TPSA) is 118 Å². The smallest absolute Gasteiger partial charge is 0.219 e. The van der Waals surface area contributed by atoms with Gasteiger partial charge in [0.05, 0.1) is 5.69 Å². The van der Waals surface area contributed by atoms with Crippen molar-refractivity contribution in [2.75, 3.05) is 31.1 Å². The van der Waals surface area contributed by atoms with E-state index < -0.39 is 6.17 Å². The van der Waals surface area contributed by atoms with Gasteiger partial charge in [0.1, 0.15) is 11.9 Å². The largest absolute Gasteiger partial charge is 0.505 e. The molecule has 120 valence electrons. The number of rotatable bonds is 4. The molecule has 0 spiro atoms. The number of halogens is 1. The van der Waals surface area contributed by atoms with Crippen LogP contribution in [-0.2, 0) is 4.79 Å². The van der Waals surface area contributed by atoms with E-state index in [4.69, 9.17) is 22.9 Å². The van der Waals surface area contributed by atoms with E-state index in [0.717, 1.165) is 0 Å². The van der Waals surface area contributed by atoms with E-state index in [9.17, 15) is 9.90 Å². The highest BCUT2D eigenvalue weighted by molar-refractivity contribution is 6.31. The van der Waals surface area contributed by atoms with E-state index in [1.165, 1.54) is 6.07 Å². The number of hydrogen-bond acceptors (Lipinski definition) is 6. The van der Waals surface area contributed by atoms with Crippen molar-refractivity contribution in [1.82, 2.24) is 10.3 Å². The van der Waals surface area contributed by atoms with Crippen molar-refractivity contribution in [3.8, 4) is 5.75 Å². The Morgan fingerprint density at radius 3 is 2.64 bits per heavy atom. The first-order valence-electron chi connectivity index (χ1n) is 6.84. The predicted molar refractivity (Wildman–Crippen MR) is 82.8 cm³/mol. The normalized spacial score (nSPS) is 16.3. The lowest BCUT2D eigenvalue weighted by Crippen LogP contribution is -2.48. The van der Waals surface area contributed by atoms with Crippen LogP contribution in [0.25, 0.3) is 0 Å². The van der Waals surface area contributed by atoms with E-state index in [-0.39, 0.29) is 11.7 Å². The number of amides is 1. The lowest BCUT2D eigenvalue weighted by Gasteiger charge is -2.36. The highest BCUT2D eigenvalue weighted by Crippen LogP contribution is 2.37. The fourth-order valence-corrected chi connectivity index (χ4v) is 2.71. The Hall–Kier alpha value is -2.06. The lowest BCUT2D eigenvalue weighted by atomic mass is 10.1. The Labute approximate surface area is 133 Å². The molecule has 1 aromatic rings. The van der Waals surface area contributed by atoms with Crippen LogP contribution in [0.15, 0.2) is 17.4 Å². The van der Waals surface area contributed by atoms with Gasteiger partial charge in [-0.3, -0.25) is 10.2 Å². The molecule has 22 heavy (non-hydrogen) atoms. The van der Waals surface area contributed by atoms with Crippen LogP contribution in [0.4, 0.5) is 5.69 Å². The number of phenolic OH excluding ortho intramolecular Hbond substituents is 1.